The van der Waals surface area contributed by atoms with Crippen molar-refractivity contribution in [2.75, 3.05) is 25.5 Å². The minimum Gasteiger partial charge on any atom is -0.497 e. The second kappa shape index (κ2) is 9.08. The van der Waals surface area contributed by atoms with Crippen LogP contribution in [0, 0.1) is 0 Å². The number of halogens is 1. The Bertz CT molecular complexity index is 1290. The first-order valence-corrected chi connectivity index (χ1v) is 12.3. The first-order valence-electron chi connectivity index (χ1n) is 10.5. The molecule has 0 N–H and O–H groups in total. The molecule has 0 saturated heterocycles. The van der Waals surface area contributed by atoms with E-state index < -0.39 is 10.0 Å². The molecule has 8 heteroatoms. The summed E-state index contributed by atoms with van der Waals surface area (Å²) in [4.78, 5) is 15.0. The number of nitrogens with zero attached hydrogens (tertiary/aromatic N) is 2. The van der Waals surface area contributed by atoms with E-state index >= 15 is 0 Å². The fourth-order valence-electron chi connectivity index (χ4n) is 4.19. The minimum absolute atomic E-state index is 0.00575. The topological polar surface area (TPSA) is 66.9 Å². The Kier molecular flexibility index (Phi) is 6.36. The van der Waals surface area contributed by atoms with Gasteiger partial charge in [-0.1, -0.05) is 35.9 Å². The number of hydrogen-bond acceptors (Lipinski definition) is 4. The lowest BCUT2D eigenvalue weighted by Crippen LogP contribution is -2.31. The number of fused-ring (bicyclic) bond motifs is 1. The van der Waals surface area contributed by atoms with Gasteiger partial charge >= 0.3 is 0 Å². The summed E-state index contributed by atoms with van der Waals surface area (Å²) in [6.07, 6.45) is 1.71. The van der Waals surface area contributed by atoms with Gasteiger partial charge in [0.25, 0.3) is 15.9 Å². The van der Waals surface area contributed by atoms with Crippen LogP contribution in [0.25, 0.3) is 0 Å². The highest BCUT2D eigenvalue weighted by molar-refractivity contribution is 7.92. The van der Waals surface area contributed by atoms with Crippen LogP contribution in [-0.2, 0) is 16.4 Å². The van der Waals surface area contributed by atoms with E-state index in [4.69, 9.17) is 16.3 Å². The average molecular weight is 485 g/mol. The molecule has 0 aliphatic heterocycles. The summed E-state index contributed by atoms with van der Waals surface area (Å²) in [6.45, 7) is 0. The molecule has 0 fully saturated rings. The second-order valence-corrected chi connectivity index (χ2v) is 10.4. The molecule has 3 aromatic carbocycles. The Labute approximate surface area is 199 Å². The molecule has 1 amide bonds. The fraction of sp³-hybridized carbons (Fsp3) is 0.240. The molecular formula is C25H25ClN2O4S. The van der Waals surface area contributed by atoms with Crippen molar-refractivity contribution in [3.63, 3.8) is 0 Å². The first kappa shape index (κ1) is 23.1. The summed E-state index contributed by atoms with van der Waals surface area (Å²) >= 11 is 6.35. The lowest BCUT2D eigenvalue weighted by atomic mass is 10.1. The van der Waals surface area contributed by atoms with Crippen molar-refractivity contribution in [3.05, 3.63) is 88.4 Å². The summed E-state index contributed by atoms with van der Waals surface area (Å²) in [6, 6.07) is 18.9. The van der Waals surface area contributed by atoms with E-state index in [0.717, 1.165) is 18.4 Å². The molecule has 1 unspecified atom stereocenters. The number of carbonyl (C=O) groups excluding carboxylic acids is 1. The number of carbonyl (C=O) groups is 1. The number of methoxy groups -OCH3 is 1. The highest BCUT2D eigenvalue weighted by Gasteiger charge is 2.31. The first-order chi connectivity index (χ1) is 15.7. The molecule has 1 aliphatic rings. The Morgan fingerprint density at radius 2 is 1.73 bits per heavy atom. The monoisotopic (exact) mass is 484 g/mol. The number of hydrogen-bond donors (Lipinski definition) is 0. The number of rotatable bonds is 6. The smallest absolute Gasteiger partial charge is 0.264 e. The lowest BCUT2D eigenvalue weighted by Gasteiger charge is -2.26. The van der Waals surface area contributed by atoms with Gasteiger partial charge in [-0.05, 0) is 66.4 Å². The zero-order valence-corrected chi connectivity index (χ0v) is 20.2. The van der Waals surface area contributed by atoms with Crippen LogP contribution in [0.3, 0.4) is 0 Å². The third-order valence-electron chi connectivity index (χ3n) is 6.15. The normalized spacial score (nSPS) is 15.1. The summed E-state index contributed by atoms with van der Waals surface area (Å²) in [5, 5.41) is 0.212. The maximum absolute atomic E-state index is 13.4. The molecule has 4 rings (SSSR count). The number of amides is 1. The van der Waals surface area contributed by atoms with Crippen molar-refractivity contribution in [2.45, 2.75) is 23.8 Å². The third kappa shape index (κ3) is 4.30. The van der Waals surface area contributed by atoms with Crippen molar-refractivity contribution in [1.82, 2.24) is 4.90 Å². The van der Waals surface area contributed by atoms with Crippen LogP contribution in [0.5, 0.6) is 5.75 Å². The van der Waals surface area contributed by atoms with Crippen LogP contribution in [-0.4, -0.2) is 40.4 Å². The van der Waals surface area contributed by atoms with Gasteiger partial charge in [0.2, 0.25) is 0 Å². The molecule has 0 heterocycles. The SMILES string of the molecule is COc1ccc(N(C)S(=O)(=O)c2ccc(Cl)c(C(=O)N(C)C3CCc4ccccc43)c2)cc1. The highest BCUT2D eigenvalue weighted by atomic mass is 35.5. The van der Waals surface area contributed by atoms with Crippen LogP contribution in [0.1, 0.15) is 33.9 Å². The third-order valence-corrected chi connectivity index (χ3v) is 8.26. The van der Waals surface area contributed by atoms with E-state index in [0.29, 0.717) is 11.4 Å². The van der Waals surface area contributed by atoms with E-state index in [-0.39, 0.29) is 27.4 Å². The van der Waals surface area contributed by atoms with Gasteiger partial charge in [0, 0.05) is 14.1 Å². The second-order valence-electron chi connectivity index (χ2n) is 7.98. The molecule has 0 spiro atoms. The van der Waals surface area contributed by atoms with Crippen molar-refractivity contribution in [2.24, 2.45) is 0 Å². The summed E-state index contributed by atoms with van der Waals surface area (Å²) in [5.74, 6) is 0.311. The Morgan fingerprint density at radius 1 is 1.03 bits per heavy atom. The molecule has 0 bridgehead atoms. The van der Waals surface area contributed by atoms with E-state index in [2.05, 4.69) is 6.07 Å². The molecule has 0 radical (unpaired) electrons. The van der Waals surface area contributed by atoms with Crippen molar-refractivity contribution in [3.8, 4) is 5.75 Å². The van der Waals surface area contributed by atoms with Crippen LogP contribution in [0.2, 0.25) is 5.02 Å². The zero-order chi connectivity index (χ0) is 23.8. The van der Waals surface area contributed by atoms with Gasteiger partial charge < -0.3 is 9.64 Å². The Balaban J connectivity index is 1.64. The number of aryl methyl sites for hydroxylation is 1. The van der Waals surface area contributed by atoms with E-state index in [1.165, 1.54) is 35.1 Å². The van der Waals surface area contributed by atoms with E-state index in [1.54, 1.807) is 43.3 Å². The molecule has 6 nitrogen and oxygen atoms in total. The van der Waals surface area contributed by atoms with Crippen molar-refractivity contribution in [1.29, 1.82) is 0 Å². The highest BCUT2D eigenvalue weighted by Crippen LogP contribution is 2.36. The molecule has 33 heavy (non-hydrogen) atoms. The average Bonchev–Trinajstić information content (AvgIpc) is 3.27. The fourth-order valence-corrected chi connectivity index (χ4v) is 5.61. The number of sulfonamides is 1. The van der Waals surface area contributed by atoms with Crippen molar-refractivity contribution >= 4 is 33.2 Å². The minimum atomic E-state index is -3.91. The zero-order valence-electron chi connectivity index (χ0n) is 18.7. The maximum Gasteiger partial charge on any atom is 0.264 e. The summed E-state index contributed by atoms with van der Waals surface area (Å²) in [7, 11) is 0.829. The van der Waals surface area contributed by atoms with Gasteiger partial charge in [-0.3, -0.25) is 9.10 Å². The molecule has 1 atom stereocenters. The molecule has 0 saturated carbocycles. The summed E-state index contributed by atoms with van der Waals surface area (Å²) in [5.41, 5.74) is 2.98. The van der Waals surface area contributed by atoms with Crippen LogP contribution in [0.15, 0.2) is 71.6 Å². The number of benzene rings is 3. The Hall–Kier alpha value is -3.03. The largest absolute Gasteiger partial charge is 0.497 e. The molecule has 0 aromatic heterocycles. The van der Waals surface area contributed by atoms with Crippen LogP contribution in [0.4, 0.5) is 5.69 Å². The van der Waals surface area contributed by atoms with Crippen LogP contribution >= 0.6 is 11.6 Å². The molecular weight excluding hydrogens is 460 g/mol. The van der Waals surface area contributed by atoms with E-state index in [9.17, 15) is 13.2 Å². The standard InChI is InChI=1S/C25H25ClN2O4S/c1-27(24-15-8-17-6-4-5-7-21(17)24)25(29)22-16-20(13-14-23(22)26)33(30,31)28(2)18-9-11-19(32-3)12-10-18/h4-7,9-14,16,24H,8,15H2,1-3H3. The molecule has 1 aliphatic carbocycles. The van der Waals surface area contributed by atoms with Gasteiger partial charge in [-0.25, -0.2) is 8.42 Å². The Morgan fingerprint density at radius 3 is 2.42 bits per heavy atom. The predicted molar refractivity (Wildman–Crippen MR) is 130 cm³/mol. The van der Waals surface area contributed by atoms with Gasteiger partial charge in [0.05, 0.1) is 34.3 Å². The summed E-state index contributed by atoms with van der Waals surface area (Å²) < 4.78 is 32.9. The van der Waals surface area contributed by atoms with E-state index in [1.807, 2.05) is 18.2 Å². The van der Waals surface area contributed by atoms with Gasteiger partial charge in [-0.2, -0.15) is 0 Å². The van der Waals surface area contributed by atoms with Gasteiger partial charge in [0.15, 0.2) is 0 Å². The predicted octanol–water partition coefficient (Wildman–Crippen LogP) is 4.93. The van der Waals surface area contributed by atoms with Crippen LogP contribution < -0.4 is 9.04 Å². The maximum atomic E-state index is 13.4. The molecule has 3 aromatic rings. The number of anilines is 1. The lowest BCUT2D eigenvalue weighted by molar-refractivity contribution is 0.0730. The molecule has 172 valence electrons. The van der Waals surface area contributed by atoms with Gasteiger partial charge in [-0.15, -0.1) is 0 Å². The number of ether oxygens (including phenoxy) is 1. The van der Waals surface area contributed by atoms with Crippen molar-refractivity contribution < 1.29 is 17.9 Å². The van der Waals surface area contributed by atoms with Gasteiger partial charge in [0.1, 0.15) is 5.75 Å². The quantitative estimate of drug-likeness (QED) is 0.497.